The van der Waals surface area contributed by atoms with Crippen molar-refractivity contribution in [2.75, 3.05) is 13.1 Å². The summed E-state index contributed by atoms with van der Waals surface area (Å²) in [5.74, 6) is -0.234. The fourth-order valence-corrected chi connectivity index (χ4v) is 2.26. The third-order valence-corrected chi connectivity index (χ3v) is 3.51. The quantitative estimate of drug-likeness (QED) is 0.564. The topological polar surface area (TPSA) is 102 Å². The average Bonchev–Trinajstić information content (AvgIpc) is 3.13. The highest BCUT2D eigenvalue weighted by Crippen LogP contribution is 2.27. The van der Waals surface area contributed by atoms with Gasteiger partial charge in [-0.15, -0.1) is 0 Å². The van der Waals surface area contributed by atoms with Gasteiger partial charge in [0, 0.05) is 26.1 Å². The number of hydrogen-bond acceptors (Lipinski definition) is 5. The molecule has 0 saturated heterocycles. The minimum absolute atomic E-state index is 0.0171. The lowest BCUT2D eigenvalue weighted by molar-refractivity contribution is -0.392. The number of aromatic nitrogens is 2. The Hall–Kier alpha value is -1.96. The van der Waals surface area contributed by atoms with Gasteiger partial charge in [-0.2, -0.15) is 0 Å². The molecule has 1 heterocycles. The Morgan fingerprint density at radius 3 is 2.85 bits per heavy atom. The van der Waals surface area contributed by atoms with Crippen LogP contribution in [0.3, 0.4) is 0 Å². The summed E-state index contributed by atoms with van der Waals surface area (Å²) in [6, 6.07) is 0.428. The summed E-state index contributed by atoms with van der Waals surface area (Å²) >= 11 is 0. The molecule has 0 amide bonds. The fraction of sp³-hybridized carbons (Fsp3) is 0.667. The van der Waals surface area contributed by atoms with E-state index in [4.69, 9.17) is 5.11 Å². The van der Waals surface area contributed by atoms with Crippen LogP contribution in [0.2, 0.25) is 0 Å². The van der Waals surface area contributed by atoms with Crippen LogP contribution in [0.15, 0.2) is 6.20 Å². The molecule has 0 aliphatic heterocycles. The Morgan fingerprint density at radius 1 is 1.60 bits per heavy atom. The van der Waals surface area contributed by atoms with E-state index < -0.39 is 10.9 Å². The van der Waals surface area contributed by atoms with Crippen molar-refractivity contribution < 1.29 is 14.8 Å². The molecule has 110 valence electrons. The first-order chi connectivity index (χ1) is 9.49. The largest absolute Gasteiger partial charge is 0.481 e. The van der Waals surface area contributed by atoms with Crippen LogP contribution >= 0.6 is 0 Å². The van der Waals surface area contributed by atoms with Gasteiger partial charge in [0.1, 0.15) is 12.7 Å². The van der Waals surface area contributed by atoms with Crippen LogP contribution in [0.5, 0.6) is 0 Å². The Morgan fingerprint density at radius 2 is 2.30 bits per heavy atom. The van der Waals surface area contributed by atoms with E-state index in [2.05, 4.69) is 9.88 Å². The molecule has 0 spiro atoms. The smallest absolute Gasteiger partial charge is 0.342 e. The molecule has 0 atom stereocenters. The molecule has 8 nitrogen and oxygen atoms in total. The van der Waals surface area contributed by atoms with E-state index in [1.807, 2.05) is 0 Å². The third-order valence-electron chi connectivity index (χ3n) is 3.51. The zero-order valence-electron chi connectivity index (χ0n) is 11.4. The van der Waals surface area contributed by atoms with Gasteiger partial charge >= 0.3 is 11.8 Å². The molecule has 1 saturated carbocycles. The molecule has 0 radical (unpaired) electrons. The number of carboxylic acids is 1. The first kappa shape index (κ1) is 14.4. The zero-order valence-corrected chi connectivity index (χ0v) is 11.4. The number of nitro groups is 1. The van der Waals surface area contributed by atoms with Gasteiger partial charge in [0.2, 0.25) is 0 Å². The maximum absolute atomic E-state index is 10.9. The number of rotatable bonds is 8. The second kappa shape index (κ2) is 6.00. The molecule has 1 aromatic heterocycles. The fourth-order valence-electron chi connectivity index (χ4n) is 2.26. The molecule has 1 fully saturated rings. The summed E-state index contributed by atoms with van der Waals surface area (Å²) in [5.41, 5.74) is 0. The minimum Gasteiger partial charge on any atom is -0.481 e. The van der Waals surface area contributed by atoms with E-state index in [9.17, 15) is 14.9 Å². The van der Waals surface area contributed by atoms with E-state index in [0.717, 1.165) is 12.8 Å². The van der Waals surface area contributed by atoms with Gasteiger partial charge in [0.15, 0.2) is 5.82 Å². The number of aliphatic carboxylic acids is 1. The van der Waals surface area contributed by atoms with E-state index in [1.165, 1.54) is 6.20 Å². The van der Waals surface area contributed by atoms with E-state index in [-0.39, 0.29) is 12.2 Å². The van der Waals surface area contributed by atoms with Crippen LogP contribution in [-0.4, -0.2) is 49.6 Å². The van der Waals surface area contributed by atoms with E-state index >= 15 is 0 Å². The van der Waals surface area contributed by atoms with Crippen LogP contribution < -0.4 is 0 Å². The van der Waals surface area contributed by atoms with Crippen molar-refractivity contribution >= 4 is 11.8 Å². The van der Waals surface area contributed by atoms with Crippen molar-refractivity contribution in [2.45, 2.75) is 38.8 Å². The molecule has 1 aromatic rings. The van der Waals surface area contributed by atoms with Crippen LogP contribution in [-0.2, 0) is 11.3 Å². The summed E-state index contributed by atoms with van der Waals surface area (Å²) in [7, 11) is 0. The lowest BCUT2D eigenvalue weighted by Crippen LogP contribution is -2.32. The van der Waals surface area contributed by atoms with Gasteiger partial charge in [-0.25, -0.2) is 9.55 Å². The number of aryl methyl sites for hydroxylation is 1. The second-order valence-corrected chi connectivity index (χ2v) is 4.98. The summed E-state index contributed by atoms with van der Waals surface area (Å²) in [6.07, 6.45) is 3.50. The molecule has 0 unspecified atom stereocenters. The Bertz CT molecular complexity index is 510. The maximum atomic E-state index is 10.9. The van der Waals surface area contributed by atoms with Gasteiger partial charge in [-0.05, 0) is 17.8 Å². The predicted molar refractivity (Wildman–Crippen MR) is 70.5 cm³/mol. The Balaban J connectivity index is 1.97. The van der Waals surface area contributed by atoms with Crippen molar-refractivity contribution in [1.82, 2.24) is 14.5 Å². The molecule has 1 N–H and O–H groups in total. The predicted octanol–water partition coefficient (Wildman–Crippen LogP) is 1.04. The molecule has 2 rings (SSSR count). The molecule has 1 aliphatic carbocycles. The monoisotopic (exact) mass is 282 g/mol. The molecular weight excluding hydrogens is 264 g/mol. The van der Waals surface area contributed by atoms with E-state index in [0.29, 0.717) is 31.5 Å². The van der Waals surface area contributed by atoms with Crippen LogP contribution in [0.4, 0.5) is 5.82 Å². The Labute approximate surface area is 116 Å². The summed E-state index contributed by atoms with van der Waals surface area (Å²) in [6.45, 7) is 3.28. The number of carboxylic acid groups (broad SMARTS) is 1. The summed E-state index contributed by atoms with van der Waals surface area (Å²) < 4.78 is 1.57. The lowest BCUT2D eigenvalue weighted by Gasteiger charge is -2.20. The minimum atomic E-state index is -0.819. The van der Waals surface area contributed by atoms with Gasteiger partial charge < -0.3 is 15.2 Å². The van der Waals surface area contributed by atoms with Crippen molar-refractivity contribution in [1.29, 1.82) is 0 Å². The molecule has 8 heteroatoms. The van der Waals surface area contributed by atoms with Crippen molar-refractivity contribution in [3.63, 3.8) is 0 Å². The third kappa shape index (κ3) is 3.53. The lowest BCUT2D eigenvalue weighted by atomic mass is 10.3. The number of nitrogens with zero attached hydrogens (tertiary/aromatic N) is 4. The summed E-state index contributed by atoms with van der Waals surface area (Å²) in [5, 5.41) is 19.6. The molecule has 20 heavy (non-hydrogen) atoms. The number of carbonyl (C=O) groups is 1. The Kier molecular flexibility index (Phi) is 4.33. The highest BCUT2D eigenvalue weighted by atomic mass is 16.6. The van der Waals surface area contributed by atoms with Crippen molar-refractivity contribution in [3.8, 4) is 0 Å². The zero-order chi connectivity index (χ0) is 14.7. The van der Waals surface area contributed by atoms with Crippen molar-refractivity contribution in [2.24, 2.45) is 0 Å². The van der Waals surface area contributed by atoms with Gasteiger partial charge in [-0.1, -0.05) is 0 Å². The highest BCUT2D eigenvalue weighted by molar-refractivity contribution is 5.66. The maximum Gasteiger partial charge on any atom is 0.342 e. The van der Waals surface area contributed by atoms with Crippen LogP contribution in [0, 0.1) is 17.0 Å². The van der Waals surface area contributed by atoms with Gasteiger partial charge in [0.25, 0.3) is 0 Å². The second-order valence-electron chi connectivity index (χ2n) is 4.98. The summed E-state index contributed by atoms with van der Waals surface area (Å²) in [4.78, 5) is 27.1. The molecular formula is C12H18N4O4. The standard InChI is InChI=1S/C12H18N4O4/c1-9-13-8-11(16(19)20)15(9)7-6-14(10-2-3-10)5-4-12(17)18/h8,10H,2-7H2,1H3,(H,17,18). The highest BCUT2D eigenvalue weighted by Gasteiger charge is 2.30. The van der Waals surface area contributed by atoms with Crippen molar-refractivity contribution in [3.05, 3.63) is 22.1 Å². The molecule has 0 aromatic carbocycles. The first-order valence-electron chi connectivity index (χ1n) is 6.61. The van der Waals surface area contributed by atoms with Crippen LogP contribution in [0.25, 0.3) is 0 Å². The van der Waals surface area contributed by atoms with E-state index in [1.54, 1.807) is 11.5 Å². The molecule has 1 aliphatic rings. The number of hydrogen-bond donors (Lipinski definition) is 1. The molecule has 0 bridgehead atoms. The number of imidazole rings is 1. The van der Waals surface area contributed by atoms with Gasteiger partial charge in [-0.3, -0.25) is 9.69 Å². The SMILES string of the molecule is Cc1ncc([N+](=O)[O-])n1CCN(CCC(=O)O)C1CC1. The normalized spacial score (nSPS) is 14.7. The average molecular weight is 282 g/mol. The van der Waals surface area contributed by atoms with Crippen LogP contribution in [0.1, 0.15) is 25.1 Å². The van der Waals surface area contributed by atoms with Gasteiger partial charge in [0.05, 0.1) is 6.42 Å². The first-order valence-corrected chi connectivity index (χ1v) is 6.61.